The average Bonchev–Trinajstić information content (AvgIpc) is 3.16. The molecule has 0 aliphatic carbocycles. The first-order valence-corrected chi connectivity index (χ1v) is 7.44. The van der Waals surface area contributed by atoms with E-state index in [0.717, 1.165) is 23.8 Å². The zero-order valence-electron chi connectivity index (χ0n) is 12.1. The van der Waals surface area contributed by atoms with Gasteiger partial charge in [0.25, 0.3) is 0 Å². The van der Waals surface area contributed by atoms with Gasteiger partial charge in [-0.3, -0.25) is 0 Å². The molecule has 1 aromatic rings. The maximum Gasteiger partial charge on any atom is 0.494 e. The van der Waals surface area contributed by atoms with Crippen molar-refractivity contribution in [2.75, 3.05) is 13.2 Å². The summed E-state index contributed by atoms with van der Waals surface area (Å²) in [6.07, 6.45) is 2.39. The molecular formula is C14H20B2O4. The molecule has 6 heteroatoms. The zero-order chi connectivity index (χ0) is 13.9. The maximum absolute atomic E-state index is 5.81. The normalized spacial score (nSPS) is 26.5. The molecule has 0 amide bonds. The molecule has 2 heterocycles. The highest BCUT2D eigenvalue weighted by atomic mass is 16.6. The summed E-state index contributed by atoms with van der Waals surface area (Å²) in [5, 5.41) is 0. The van der Waals surface area contributed by atoms with E-state index >= 15 is 0 Å². The summed E-state index contributed by atoms with van der Waals surface area (Å²) in [6, 6.07) is 8.13. The summed E-state index contributed by atoms with van der Waals surface area (Å²) in [5.41, 5.74) is 2.10. The van der Waals surface area contributed by atoms with Crippen molar-refractivity contribution in [3.8, 4) is 0 Å². The van der Waals surface area contributed by atoms with Crippen LogP contribution in [0.2, 0.25) is 0 Å². The van der Waals surface area contributed by atoms with Crippen LogP contribution in [0.1, 0.15) is 26.7 Å². The van der Waals surface area contributed by atoms with Gasteiger partial charge in [0.05, 0.1) is 25.4 Å². The Kier molecular flexibility index (Phi) is 4.46. The van der Waals surface area contributed by atoms with Gasteiger partial charge in [0, 0.05) is 0 Å². The molecule has 20 heavy (non-hydrogen) atoms. The van der Waals surface area contributed by atoms with Crippen molar-refractivity contribution >= 4 is 25.2 Å². The van der Waals surface area contributed by atoms with E-state index in [9.17, 15) is 0 Å². The van der Waals surface area contributed by atoms with Gasteiger partial charge in [-0.25, -0.2) is 0 Å². The molecule has 0 spiro atoms. The highest BCUT2D eigenvalue weighted by Crippen LogP contribution is 2.13. The third-order valence-corrected chi connectivity index (χ3v) is 3.89. The van der Waals surface area contributed by atoms with Crippen LogP contribution in [0.15, 0.2) is 24.3 Å². The lowest BCUT2D eigenvalue weighted by atomic mass is 9.74. The van der Waals surface area contributed by atoms with Gasteiger partial charge in [-0.1, -0.05) is 38.1 Å². The first-order valence-electron chi connectivity index (χ1n) is 7.44. The minimum absolute atomic E-state index is 0.214. The van der Waals surface area contributed by atoms with Crippen LogP contribution in [0.4, 0.5) is 0 Å². The van der Waals surface area contributed by atoms with Crippen molar-refractivity contribution in [2.24, 2.45) is 0 Å². The van der Waals surface area contributed by atoms with E-state index in [4.69, 9.17) is 18.6 Å². The molecule has 4 nitrogen and oxygen atoms in total. The molecule has 2 fully saturated rings. The number of benzene rings is 1. The van der Waals surface area contributed by atoms with Crippen molar-refractivity contribution in [1.29, 1.82) is 0 Å². The highest BCUT2D eigenvalue weighted by molar-refractivity contribution is 6.63. The fourth-order valence-corrected chi connectivity index (χ4v) is 2.48. The predicted molar refractivity (Wildman–Crippen MR) is 79.5 cm³/mol. The van der Waals surface area contributed by atoms with E-state index in [1.54, 1.807) is 0 Å². The number of rotatable bonds is 4. The molecule has 0 aromatic heterocycles. The van der Waals surface area contributed by atoms with Crippen LogP contribution in [0.5, 0.6) is 0 Å². The van der Waals surface area contributed by atoms with E-state index in [1.807, 2.05) is 24.3 Å². The summed E-state index contributed by atoms with van der Waals surface area (Å²) >= 11 is 0. The Morgan fingerprint density at radius 1 is 0.850 bits per heavy atom. The smallest absolute Gasteiger partial charge is 0.405 e. The van der Waals surface area contributed by atoms with Crippen LogP contribution in [0, 0.1) is 0 Å². The molecule has 0 N–H and O–H groups in total. The SMILES string of the molecule is CCC1COB(c2ccc(B3OCC(CC)O3)cc2)O1. The second-order valence-electron chi connectivity index (χ2n) is 5.33. The van der Waals surface area contributed by atoms with E-state index in [2.05, 4.69) is 13.8 Å². The largest absolute Gasteiger partial charge is 0.494 e. The number of hydrogen-bond acceptors (Lipinski definition) is 4. The zero-order valence-corrected chi connectivity index (χ0v) is 12.1. The molecule has 2 atom stereocenters. The van der Waals surface area contributed by atoms with Crippen LogP contribution >= 0.6 is 0 Å². The highest BCUT2D eigenvalue weighted by Gasteiger charge is 2.34. The first kappa shape index (κ1) is 14.1. The molecule has 0 radical (unpaired) electrons. The molecular weight excluding hydrogens is 254 g/mol. The molecule has 2 aliphatic heterocycles. The molecule has 0 saturated carbocycles. The second kappa shape index (κ2) is 6.31. The summed E-state index contributed by atoms with van der Waals surface area (Å²) in [5.74, 6) is 0. The Hall–Kier alpha value is -0.810. The Balaban J connectivity index is 1.63. The summed E-state index contributed by atoms with van der Waals surface area (Å²) < 4.78 is 22.9. The Morgan fingerprint density at radius 3 is 1.55 bits per heavy atom. The van der Waals surface area contributed by atoms with E-state index in [0.29, 0.717) is 13.2 Å². The van der Waals surface area contributed by atoms with Crippen LogP contribution in [0.25, 0.3) is 0 Å². The van der Waals surface area contributed by atoms with E-state index in [1.165, 1.54) is 0 Å². The molecule has 2 saturated heterocycles. The minimum atomic E-state index is -0.234. The lowest BCUT2D eigenvalue weighted by Gasteiger charge is -2.09. The van der Waals surface area contributed by atoms with E-state index in [-0.39, 0.29) is 26.4 Å². The molecule has 1 aromatic carbocycles. The average molecular weight is 274 g/mol. The minimum Gasteiger partial charge on any atom is -0.405 e. The van der Waals surface area contributed by atoms with Crippen molar-refractivity contribution in [1.82, 2.24) is 0 Å². The Bertz CT molecular complexity index is 398. The van der Waals surface area contributed by atoms with Crippen LogP contribution < -0.4 is 10.9 Å². The van der Waals surface area contributed by atoms with Gasteiger partial charge in [-0.05, 0) is 23.8 Å². The second-order valence-corrected chi connectivity index (χ2v) is 5.33. The van der Waals surface area contributed by atoms with Crippen molar-refractivity contribution in [3.05, 3.63) is 24.3 Å². The predicted octanol–water partition coefficient (Wildman–Crippen LogP) is 0.728. The Labute approximate surface area is 121 Å². The Morgan fingerprint density at radius 2 is 1.25 bits per heavy atom. The fraction of sp³-hybridized carbons (Fsp3) is 0.571. The molecule has 3 rings (SSSR count). The van der Waals surface area contributed by atoms with Gasteiger partial charge in [0.15, 0.2) is 0 Å². The summed E-state index contributed by atoms with van der Waals surface area (Å²) in [4.78, 5) is 0. The molecule has 2 unspecified atom stereocenters. The fourth-order valence-electron chi connectivity index (χ4n) is 2.48. The third-order valence-electron chi connectivity index (χ3n) is 3.89. The first-order chi connectivity index (χ1) is 9.80. The molecule has 2 aliphatic rings. The van der Waals surface area contributed by atoms with Crippen molar-refractivity contribution < 1.29 is 18.6 Å². The quantitative estimate of drug-likeness (QED) is 0.758. The van der Waals surface area contributed by atoms with Crippen LogP contribution in [-0.2, 0) is 18.6 Å². The summed E-state index contributed by atoms with van der Waals surface area (Å²) in [6.45, 7) is 5.57. The topological polar surface area (TPSA) is 36.9 Å². The lowest BCUT2D eigenvalue weighted by Crippen LogP contribution is -2.37. The standard InChI is InChI=1S/C14H20B2O4/c1-3-13-9-17-15(19-13)11-5-7-12(8-6-11)16-18-10-14(4-2)20-16/h5-8,13-14H,3-4,9-10H2,1-2H3. The van der Waals surface area contributed by atoms with Crippen molar-refractivity contribution in [3.63, 3.8) is 0 Å². The van der Waals surface area contributed by atoms with Gasteiger partial charge >= 0.3 is 14.2 Å². The number of hydrogen-bond donors (Lipinski definition) is 0. The van der Waals surface area contributed by atoms with E-state index < -0.39 is 0 Å². The van der Waals surface area contributed by atoms with Crippen LogP contribution in [-0.4, -0.2) is 39.7 Å². The third kappa shape index (κ3) is 2.93. The monoisotopic (exact) mass is 274 g/mol. The van der Waals surface area contributed by atoms with Gasteiger partial charge in [-0.15, -0.1) is 0 Å². The maximum atomic E-state index is 5.81. The summed E-state index contributed by atoms with van der Waals surface area (Å²) in [7, 11) is -0.467. The van der Waals surface area contributed by atoms with Crippen molar-refractivity contribution in [2.45, 2.75) is 38.9 Å². The lowest BCUT2D eigenvalue weighted by molar-refractivity contribution is 0.230. The molecule has 0 bridgehead atoms. The van der Waals surface area contributed by atoms with Gasteiger partial charge < -0.3 is 18.6 Å². The van der Waals surface area contributed by atoms with Crippen LogP contribution in [0.3, 0.4) is 0 Å². The van der Waals surface area contributed by atoms with Gasteiger partial charge in [-0.2, -0.15) is 0 Å². The molecule has 106 valence electrons. The van der Waals surface area contributed by atoms with Gasteiger partial charge in [0.1, 0.15) is 0 Å². The van der Waals surface area contributed by atoms with Gasteiger partial charge in [0.2, 0.25) is 0 Å².